The highest BCUT2D eigenvalue weighted by molar-refractivity contribution is 5.87. The van der Waals surface area contributed by atoms with Gasteiger partial charge in [0.2, 0.25) is 0 Å². The van der Waals surface area contributed by atoms with Gasteiger partial charge in [0.25, 0.3) is 0 Å². The predicted octanol–water partition coefficient (Wildman–Crippen LogP) is 4.41. The van der Waals surface area contributed by atoms with Gasteiger partial charge in [-0.2, -0.15) is 0 Å². The lowest BCUT2D eigenvalue weighted by atomic mass is 9.88. The molecule has 1 N–H and O–H groups in total. The molecular formula is C23H26FN3O. The van der Waals surface area contributed by atoms with Gasteiger partial charge in [-0.3, -0.25) is 9.88 Å². The number of aliphatic hydroxyl groups excluding tert-OH is 1. The topological polar surface area (TPSA) is 41.3 Å². The van der Waals surface area contributed by atoms with Crippen LogP contribution in [0.2, 0.25) is 0 Å². The SMILES string of the molecule is Cc1ccc2c(c1)c1c(n2CC(O)c2cccnc2)C(C)(F)CN2CCCC12. The molecule has 0 bridgehead atoms. The van der Waals surface area contributed by atoms with Crippen LogP contribution in [0.4, 0.5) is 4.39 Å². The molecule has 28 heavy (non-hydrogen) atoms. The van der Waals surface area contributed by atoms with E-state index in [2.05, 4.69) is 35.0 Å². The molecule has 4 heterocycles. The van der Waals surface area contributed by atoms with E-state index in [1.54, 1.807) is 19.3 Å². The largest absolute Gasteiger partial charge is 0.386 e. The first-order valence-electron chi connectivity index (χ1n) is 10.1. The smallest absolute Gasteiger partial charge is 0.160 e. The Morgan fingerprint density at radius 2 is 2.21 bits per heavy atom. The zero-order valence-corrected chi connectivity index (χ0v) is 16.4. The Labute approximate surface area is 164 Å². The van der Waals surface area contributed by atoms with E-state index in [1.807, 2.05) is 16.7 Å². The molecule has 3 aromatic rings. The van der Waals surface area contributed by atoms with Gasteiger partial charge < -0.3 is 9.67 Å². The van der Waals surface area contributed by atoms with Crippen LogP contribution in [0.25, 0.3) is 10.9 Å². The molecule has 0 amide bonds. The summed E-state index contributed by atoms with van der Waals surface area (Å²) in [6.45, 7) is 5.48. The van der Waals surface area contributed by atoms with E-state index in [9.17, 15) is 5.11 Å². The quantitative estimate of drug-likeness (QED) is 0.733. The Hall–Kier alpha value is -2.24. The van der Waals surface area contributed by atoms with Crippen LogP contribution in [0.1, 0.15) is 54.3 Å². The summed E-state index contributed by atoms with van der Waals surface area (Å²) in [7, 11) is 0. The molecule has 2 aliphatic heterocycles. The van der Waals surface area contributed by atoms with Crippen LogP contribution in [-0.4, -0.2) is 32.6 Å². The highest BCUT2D eigenvalue weighted by Crippen LogP contribution is 2.49. The number of aliphatic hydroxyl groups is 1. The van der Waals surface area contributed by atoms with Crippen LogP contribution in [0.15, 0.2) is 42.7 Å². The van der Waals surface area contributed by atoms with Crippen molar-refractivity contribution in [1.29, 1.82) is 0 Å². The first kappa shape index (κ1) is 17.8. The molecule has 3 atom stereocenters. The normalized spacial score (nSPS) is 25.6. The molecule has 0 spiro atoms. The van der Waals surface area contributed by atoms with Gasteiger partial charge in [-0.15, -0.1) is 0 Å². The molecule has 4 nitrogen and oxygen atoms in total. The minimum absolute atomic E-state index is 0.278. The lowest BCUT2D eigenvalue weighted by molar-refractivity contribution is 0.0672. The lowest BCUT2D eigenvalue weighted by Crippen LogP contribution is -2.42. The molecule has 1 fully saturated rings. The molecule has 146 valence electrons. The molecule has 1 aromatic carbocycles. The molecular weight excluding hydrogens is 353 g/mol. The Kier molecular flexibility index (Phi) is 4.07. The van der Waals surface area contributed by atoms with E-state index in [0.717, 1.165) is 47.1 Å². The zero-order valence-electron chi connectivity index (χ0n) is 16.4. The molecule has 5 rings (SSSR count). The number of alkyl halides is 1. The summed E-state index contributed by atoms with van der Waals surface area (Å²) in [6.07, 6.45) is 4.82. The fraction of sp³-hybridized carbons (Fsp3) is 0.435. The van der Waals surface area contributed by atoms with E-state index in [4.69, 9.17) is 0 Å². The second-order valence-corrected chi connectivity index (χ2v) is 8.52. The van der Waals surface area contributed by atoms with Crippen LogP contribution in [0.3, 0.4) is 0 Å². The van der Waals surface area contributed by atoms with Crippen molar-refractivity contribution in [3.8, 4) is 0 Å². The molecule has 0 saturated carbocycles. The molecule has 0 aliphatic carbocycles. The number of rotatable bonds is 3. The Morgan fingerprint density at radius 1 is 1.36 bits per heavy atom. The maximum absolute atomic E-state index is 16.0. The Bertz CT molecular complexity index is 1030. The summed E-state index contributed by atoms with van der Waals surface area (Å²) in [4.78, 5) is 6.42. The lowest BCUT2D eigenvalue weighted by Gasteiger charge is -2.39. The Balaban J connectivity index is 1.71. The average Bonchev–Trinajstić information content (AvgIpc) is 3.24. The first-order valence-corrected chi connectivity index (χ1v) is 10.1. The number of halogens is 1. The third-order valence-electron chi connectivity index (χ3n) is 6.37. The van der Waals surface area contributed by atoms with Gasteiger partial charge >= 0.3 is 0 Å². The number of nitrogens with zero attached hydrogens (tertiary/aromatic N) is 3. The van der Waals surface area contributed by atoms with Gasteiger partial charge in [-0.25, -0.2) is 4.39 Å². The van der Waals surface area contributed by atoms with Crippen LogP contribution < -0.4 is 0 Å². The maximum atomic E-state index is 16.0. The van der Waals surface area contributed by atoms with Crippen LogP contribution >= 0.6 is 0 Å². The number of fused-ring (bicyclic) bond motifs is 5. The number of benzene rings is 1. The maximum Gasteiger partial charge on any atom is 0.160 e. The second-order valence-electron chi connectivity index (χ2n) is 8.52. The third-order valence-corrected chi connectivity index (χ3v) is 6.37. The van der Waals surface area contributed by atoms with Crippen LogP contribution in [0.5, 0.6) is 0 Å². The van der Waals surface area contributed by atoms with E-state index in [-0.39, 0.29) is 6.04 Å². The van der Waals surface area contributed by atoms with Gasteiger partial charge in [0.05, 0.1) is 18.3 Å². The number of aryl methyl sites for hydroxylation is 1. The summed E-state index contributed by atoms with van der Waals surface area (Å²) in [6, 6.07) is 10.3. The van der Waals surface area contributed by atoms with Gasteiger partial charge in [-0.1, -0.05) is 17.7 Å². The predicted molar refractivity (Wildman–Crippen MR) is 108 cm³/mol. The molecule has 5 heteroatoms. The molecule has 2 aliphatic rings. The van der Waals surface area contributed by atoms with E-state index >= 15 is 4.39 Å². The van der Waals surface area contributed by atoms with E-state index in [1.165, 1.54) is 5.56 Å². The highest BCUT2D eigenvalue weighted by atomic mass is 19.1. The summed E-state index contributed by atoms with van der Waals surface area (Å²) in [5.41, 5.74) is 3.37. The third kappa shape index (κ3) is 2.68. The molecule has 2 aromatic heterocycles. The number of aromatic nitrogens is 2. The highest BCUT2D eigenvalue weighted by Gasteiger charge is 2.46. The first-order chi connectivity index (χ1) is 13.5. The minimum Gasteiger partial charge on any atom is -0.386 e. The average molecular weight is 379 g/mol. The second kappa shape index (κ2) is 6.39. The number of pyridine rings is 1. The van der Waals surface area contributed by atoms with E-state index < -0.39 is 11.8 Å². The van der Waals surface area contributed by atoms with Crippen molar-refractivity contribution in [2.75, 3.05) is 13.1 Å². The van der Waals surface area contributed by atoms with Crippen molar-refractivity contribution in [3.63, 3.8) is 0 Å². The van der Waals surface area contributed by atoms with Gasteiger partial charge in [-0.05, 0) is 51.4 Å². The van der Waals surface area contributed by atoms with Crippen LogP contribution in [-0.2, 0) is 12.2 Å². The summed E-state index contributed by atoms with van der Waals surface area (Å²) < 4.78 is 18.0. The van der Waals surface area contributed by atoms with Gasteiger partial charge in [0, 0.05) is 47.0 Å². The van der Waals surface area contributed by atoms with Crippen molar-refractivity contribution >= 4 is 10.9 Å². The number of hydrogen-bond acceptors (Lipinski definition) is 3. The molecule has 3 unspecified atom stereocenters. The fourth-order valence-corrected chi connectivity index (χ4v) is 5.23. The Morgan fingerprint density at radius 3 is 3.00 bits per heavy atom. The zero-order chi connectivity index (χ0) is 19.5. The fourth-order valence-electron chi connectivity index (χ4n) is 5.23. The summed E-state index contributed by atoms with van der Waals surface area (Å²) in [5.74, 6) is 0. The van der Waals surface area contributed by atoms with Crippen molar-refractivity contribution in [2.24, 2.45) is 0 Å². The molecule has 0 radical (unpaired) electrons. The summed E-state index contributed by atoms with van der Waals surface area (Å²) in [5, 5.41) is 12.0. The van der Waals surface area contributed by atoms with Crippen molar-refractivity contribution < 1.29 is 9.50 Å². The van der Waals surface area contributed by atoms with Crippen molar-refractivity contribution in [1.82, 2.24) is 14.5 Å². The minimum atomic E-state index is -1.45. The van der Waals surface area contributed by atoms with Crippen molar-refractivity contribution in [3.05, 3.63) is 65.1 Å². The molecule has 1 saturated heterocycles. The van der Waals surface area contributed by atoms with Gasteiger partial charge in [0.15, 0.2) is 5.67 Å². The van der Waals surface area contributed by atoms with E-state index in [0.29, 0.717) is 13.1 Å². The number of hydrogen-bond donors (Lipinski definition) is 1. The van der Waals surface area contributed by atoms with Gasteiger partial charge in [0.1, 0.15) is 0 Å². The summed E-state index contributed by atoms with van der Waals surface area (Å²) >= 11 is 0. The standard InChI is InChI=1S/C23H26FN3O/c1-15-7-8-18-17(11-15)21-19-6-4-10-26(19)14-23(2,24)22(21)27(18)13-20(28)16-5-3-9-25-12-16/h3,5,7-9,11-12,19-20,28H,4,6,10,13-14H2,1-2H3. The van der Waals surface area contributed by atoms with Crippen molar-refractivity contribution in [2.45, 2.75) is 51.0 Å². The monoisotopic (exact) mass is 379 g/mol. The van der Waals surface area contributed by atoms with Crippen LogP contribution in [0, 0.1) is 6.92 Å².